The van der Waals surface area contributed by atoms with Gasteiger partial charge in [0.2, 0.25) is 0 Å². The minimum Gasteiger partial charge on any atom is -0.478 e. The average Bonchev–Trinajstić information content (AvgIpc) is 4.36. The summed E-state index contributed by atoms with van der Waals surface area (Å²) >= 11 is 0. The van der Waals surface area contributed by atoms with E-state index < -0.39 is 5.97 Å². The van der Waals surface area contributed by atoms with Gasteiger partial charge in [0.25, 0.3) is 0 Å². The third-order valence-corrected chi connectivity index (χ3v) is 14.1. The first-order chi connectivity index (χ1) is 34.7. The van der Waals surface area contributed by atoms with Crippen LogP contribution in [-0.4, -0.2) is 43.3 Å². The normalized spacial score (nSPS) is 13.2. The number of hydrogen-bond donors (Lipinski definition) is 1. The summed E-state index contributed by atoms with van der Waals surface area (Å²) in [6, 6.07) is 55.0. The van der Waals surface area contributed by atoms with E-state index in [4.69, 9.17) is 9.72 Å². The maximum Gasteiger partial charge on any atom is 0.339 e. The Bertz CT molecular complexity index is 3590. The zero-order valence-electron chi connectivity index (χ0n) is 40.2. The summed E-state index contributed by atoms with van der Waals surface area (Å²) in [5.74, 6) is -0.230. The number of benzene rings is 6. The fourth-order valence-corrected chi connectivity index (χ4v) is 10.0. The first kappa shape index (κ1) is 45.1. The standard InChI is InChI=1S/C32H28N2O2.C31H26N2O2/c1-34-15-14-26-16-21(18-30-29(32(35)36-2)19-27(20-33-30)24-8-9-24)17-28(31(26)34)25-12-10-23(11-13-25)22-6-4-3-5-7-22;1-33-14-13-25-15-20(17-29-28(31(34)35)18-26(19-32-29)23-7-8-23)16-27(30(25)33)24-11-9-22(10-12-24)21-5-3-2-4-6-21/h3-7,10-17,19-20,24H,8-9,18H2,1-2H3;2-6,9-16,18-19,23H,7-8,17H2,1H3,(H,34,35). The number of aromatic carboxylic acids is 1. The van der Waals surface area contributed by atoms with Crippen LogP contribution < -0.4 is 0 Å². The summed E-state index contributed by atoms with van der Waals surface area (Å²) in [5.41, 5.74) is 18.3. The number of carboxylic acids is 1. The highest BCUT2D eigenvalue weighted by molar-refractivity contribution is 5.97. The second kappa shape index (κ2) is 19.2. The molecule has 2 saturated carbocycles. The molecule has 2 fully saturated rings. The minimum atomic E-state index is -0.910. The Morgan fingerprint density at radius 1 is 0.521 bits per heavy atom. The van der Waals surface area contributed by atoms with Crippen molar-refractivity contribution in [3.8, 4) is 44.5 Å². The number of carbonyl (C=O) groups excluding carboxylic acids is 1. The molecule has 4 heterocycles. The van der Waals surface area contributed by atoms with Crippen molar-refractivity contribution in [3.05, 3.63) is 227 Å². The molecule has 0 saturated heterocycles. The monoisotopic (exact) mass is 930 g/mol. The summed E-state index contributed by atoms with van der Waals surface area (Å²) in [6.07, 6.45) is 13.6. The third kappa shape index (κ3) is 9.53. The van der Waals surface area contributed by atoms with Crippen LogP contribution in [0.15, 0.2) is 183 Å². The van der Waals surface area contributed by atoms with Crippen molar-refractivity contribution < 1.29 is 19.4 Å². The van der Waals surface area contributed by atoms with Gasteiger partial charge in [0.05, 0.1) is 40.7 Å². The molecule has 2 aliphatic carbocycles. The highest BCUT2D eigenvalue weighted by Crippen LogP contribution is 2.42. The molecule has 0 radical (unpaired) electrons. The topological polar surface area (TPSA) is 99.2 Å². The molecule has 1 N–H and O–H groups in total. The van der Waals surface area contributed by atoms with E-state index in [1.165, 1.54) is 58.7 Å². The van der Waals surface area contributed by atoms with Crippen molar-refractivity contribution in [2.24, 2.45) is 14.1 Å². The predicted molar refractivity (Wildman–Crippen MR) is 284 cm³/mol. The molecule has 2 aliphatic rings. The molecule has 0 amide bonds. The first-order valence-electron chi connectivity index (χ1n) is 24.4. The summed E-state index contributed by atoms with van der Waals surface area (Å²) in [4.78, 5) is 34.0. The molecule has 6 aromatic carbocycles. The van der Waals surface area contributed by atoms with Crippen molar-refractivity contribution in [2.45, 2.75) is 50.4 Å². The molecule has 0 spiro atoms. The Kier molecular flexibility index (Phi) is 12.2. The van der Waals surface area contributed by atoms with Crippen molar-refractivity contribution in [1.82, 2.24) is 19.1 Å². The van der Waals surface area contributed by atoms with Gasteiger partial charge < -0.3 is 19.0 Å². The first-order valence-corrected chi connectivity index (χ1v) is 24.4. The van der Waals surface area contributed by atoms with E-state index in [9.17, 15) is 14.7 Å². The van der Waals surface area contributed by atoms with E-state index >= 15 is 0 Å². The minimum absolute atomic E-state index is 0.316. The lowest BCUT2D eigenvalue weighted by molar-refractivity contribution is 0.0598. The SMILES string of the molecule is COC(=O)c1cc(C2CC2)cnc1Cc1cc(-c2ccc(-c3ccccc3)cc2)c2c(ccn2C)c1.Cn1ccc2cc(Cc3ncc(C4CC4)cc3C(=O)O)cc(-c3ccc(-c4ccccc4)cc3)c21. The number of aryl methyl sites for hydroxylation is 2. The van der Waals surface area contributed by atoms with E-state index in [0.29, 0.717) is 41.5 Å². The Morgan fingerprint density at radius 3 is 1.32 bits per heavy atom. The van der Waals surface area contributed by atoms with E-state index in [1.807, 2.05) is 36.7 Å². The highest BCUT2D eigenvalue weighted by Gasteiger charge is 2.28. The number of nitrogens with zero attached hydrogens (tertiary/aromatic N) is 4. The van der Waals surface area contributed by atoms with Crippen LogP contribution in [0, 0.1) is 0 Å². The van der Waals surface area contributed by atoms with Gasteiger partial charge in [-0.3, -0.25) is 9.97 Å². The molecule has 8 nitrogen and oxygen atoms in total. The maximum atomic E-state index is 12.6. The lowest BCUT2D eigenvalue weighted by Gasteiger charge is -2.13. The molecule has 4 aromatic heterocycles. The van der Waals surface area contributed by atoms with Gasteiger partial charge in [0.15, 0.2) is 0 Å². The molecule has 12 rings (SSSR count). The Morgan fingerprint density at radius 2 is 0.915 bits per heavy atom. The number of carbonyl (C=O) groups is 2. The summed E-state index contributed by atoms with van der Waals surface area (Å²) in [6.45, 7) is 0. The maximum absolute atomic E-state index is 12.6. The molecular weight excluding hydrogens is 877 g/mol. The lowest BCUT2D eigenvalue weighted by Crippen LogP contribution is -2.09. The molecule has 0 bridgehead atoms. The molecule has 0 unspecified atom stereocenters. The largest absolute Gasteiger partial charge is 0.478 e. The summed E-state index contributed by atoms with van der Waals surface area (Å²) in [7, 11) is 5.57. The fourth-order valence-electron chi connectivity index (χ4n) is 10.0. The molecule has 71 heavy (non-hydrogen) atoms. The smallest absolute Gasteiger partial charge is 0.339 e. The molecule has 8 heteroatoms. The fraction of sp³-hybridized carbons (Fsp3) is 0.175. The van der Waals surface area contributed by atoms with Gasteiger partial charge in [-0.2, -0.15) is 0 Å². The number of carboxylic acid groups (broad SMARTS) is 1. The number of ether oxygens (including phenoxy) is 1. The van der Waals surface area contributed by atoms with E-state index in [-0.39, 0.29) is 5.97 Å². The number of pyridine rings is 2. The molecule has 0 atom stereocenters. The predicted octanol–water partition coefficient (Wildman–Crippen LogP) is 14.2. The Balaban J connectivity index is 0.000000154. The van der Waals surface area contributed by atoms with Gasteiger partial charge in [-0.15, -0.1) is 0 Å². The number of methoxy groups -OCH3 is 1. The number of aromatic nitrogens is 4. The van der Waals surface area contributed by atoms with Gasteiger partial charge >= 0.3 is 11.9 Å². The van der Waals surface area contributed by atoms with E-state index in [0.717, 1.165) is 68.4 Å². The Hall–Kier alpha value is -8.36. The average molecular weight is 931 g/mol. The highest BCUT2D eigenvalue weighted by atomic mass is 16.5. The number of hydrogen-bond acceptors (Lipinski definition) is 5. The van der Waals surface area contributed by atoms with Gasteiger partial charge in [-0.05, 0) is 142 Å². The van der Waals surface area contributed by atoms with Crippen LogP contribution in [0.25, 0.3) is 66.3 Å². The van der Waals surface area contributed by atoms with E-state index in [1.54, 1.807) is 0 Å². The number of fused-ring (bicyclic) bond motifs is 2. The zero-order valence-corrected chi connectivity index (χ0v) is 40.2. The van der Waals surface area contributed by atoms with Crippen molar-refractivity contribution in [3.63, 3.8) is 0 Å². The van der Waals surface area contributed by atoms with Crippen LogP contribution >= 0.6 is 0 Å². The van der Waals surface area contributed by atoms with Crippen LogP contribution in [-0.2, 0) is 31.7 Å². The number of rotatable bonds is 12. The van der Waals surface area contributed by atoms with Crippen LogP contribution in [0.5, 0.6) is 0 Å². The Labute approximate surface area is 413 Å². The van der Waals surface area contributed by atoms with Crippen LogP contribution in [0.3, 0.4) is 0 Å². The summed E-state index contributed by atoms with van der Waals surface area (Å²) < 4.78 is 9.41. The number of esters is 1. The van der Waals surface area contributed by atoms with Gasteiger partial charge in [-0.25, -0.2) is 9.59 Å². The zero-order chi connectivity index (χ0) is 48.6. The molecular formula is C63H54N4O4. The molecule has 10 aromatic rings. The second-order valence-corrected chi connectivity index (χ2v) is 19.1. The summed E-state index contributed by atoms with van der Waals surface area (Å²) in [5, 5.41) is 12.2. The third-order valence-electron chi connectivity index (χ3n) is 14.1. The quantitative estimate of drug-likeness (QED) is 0.123. The second-order valence-electron chi connectivity index (χ2n) is 19.1. The molecule has 0 aliphatic heterocycles. The van der Waals surface area contributed by atoms with E-state index in [2.05, 4.69) is 174 Å². The van der Waals surface area contributed by atoms with Crippen LogP contribution in [0.1, 0.15) is 91.9 Å². The van der Waals surface area contributed by atoms with Gasteiger partial charge in [0.1, 0.15) is 0 Å². The molecule has 350 valence electrons. The van der Waals surface area contributed by atoms with Crippen molar-refractivity contribution in [2.75, 3.05) is 7.11 Å². The van der Waals surface area contributed by atoms with Crippen molar-refractivity contribution >= 4 is 33.7 Å². The van der Waals surface area contributed by atoms with Crippen LogP contribution in [0.2, 0.25) is 0 Å². The van der Waals surface area contributed by atoms with Gasteiger partial charge in [-0.1, -0.05) is 109 Å². The van der Waals surface area contributed by atoms with Crippen molar-refractivity contribution in [1.29, 1.82) is 0 Å². The lowest BCUT2D eigenvalue weighted by atomic mass is 9.95. The van der Waals surface area contributed by atoms with Crippen LogP contribution in [0.4, 0.5) is 0 Å². The van der Waals surface area contributed by atoms with Gasteiger partial charge in [0, 0.05) is 73.6 Å².